The third kappa shape index (κ3) is 1.96. The molecule has 0 saturated heterocycles. The smallest absolute Gasteiger partial charge is 0.123 e. The van der Waals surface area contributed by atoms with Crippen LogP contribution in [0.3, 0.4) is 0 Å². The van der Waals surface area contributed by atoms with Crippen LogP contribution in [0.2, 0.25) is 0 Å². The number of para-hydroxylation sites is 1. The molecule has 2 nitrogen and oxygen atoms in total. The van der Waals surface area contributed by atoms with Crippen LogP contribution >= 0.6 is 0 Å². The van der Waals surface area contributed by atoms with Crippen LogP contribution in [0.5, 0.6) is 5.75 Å². The van der Waals surface area contributed by atoms with Gasteiger partial charge in [0.2, 0.25) is 0 Å². The summed E-state index contributed by atoms with van der Waals surface area (Å²) in [5.74, 6) is 0.631. The number of phenolic OH excluding ortho intramolecular Hbond substituents is 1. The molecule has 0 amide bonds. The summed E-state index contributed by atoms with van der Waals surface area (Å²) in [4.78, 5) is 3.35. The number of aromatic hydroxyl groups is 1. The monoisotopic (exact) mass is 287 g/mol. The summed E-state index contributed by atoms with van der Waals surface area (Å²) in [5.41, 5.74) is 3.72. The zero-order valence-electron chi connectivity index (χ0n) is 12.4. The van der Waals surface area contributed by atoms with Crippen molar-refractivity contribution in [2.24, 2.45) is 0 Å². The predicted molar refractivity (Wildman–Crippen MR) is 91.4 cm³/mol. The lowest BCUT2D eigenvalue weighted by molar-refractivity contribution is 0.481. The number of nitrogens with one attached hydrogen (secondary N) is 1. The molecule has 2 heteroatoms. The minimum absolute atomic E-state index is 0.294. The zero-order valence-corrected chi connectivity index (χ0v) is 12.4. The molecule has 0 bridgehead atoms. The Morgan fingerprint density at radius 2 is 1.77 bits per heavy atom. The van der Waals surface area contributed by atoms with Crippen molar-refractivity contribution in [3.05, 3.63) is 78.0 Å². The van der Waals surface area contributed by atoms with Gasteiger partial charge in [0.05, 0.1) is 0 Å². The number of hydrogen-bond donors (Lipinski definition) is 2. The number of aromatic nitrogens is 1. The van der Waals surface area contributed by atoms with Crippen LogP contribution in [0, 0.1) is 0 Å². The van der Waals surface area contributed by atoms with Crippen LogP contribution in [0.1, 0.15) is 24.0 Å². The lowest BCUT2D eigenvalue weighted by atomic mass is 9.91. The summed E-state index contributed by atoms with van der Waals surface area (Å²) in [6.07, 6.45) is 2.10. The maximum absolute atomic E-state index is 9.92. The highest BCUT2D eigenvalue weighted by atomic mass is 16.3. The first-order valence-electron chi connectivity index (χ1n) is 7.52. The lowest BCUT2D eigenvalue weighted by Gasteiger charge is -2.13. The first-order chi connectivity index (χ1) is 10.7. The highest BCUT2D eigenvalue weighted by Gasteiger charge is 2.13. The Hall–Kier alpha value is -2.74. The van der Waals surface area contributed by atoms with Crippen molar-refractivity contribution in [1.82, 2.24) is 4.98 Å². The van der Waals surface area contributed by atoms with E-state index >= 15 is 0 Å². The molecule has 0 aliphatic carbocycles. The molecule has 1 atom stereocenters. The van der Waals surface area contributed by atoms with E-state index in [9.17, 15) is 5.11 Å². The van der Waals surface area contributed by atoms with Crippen molar-refractivity contribution in [1.29, 1.82) is 0 Å². The van der Waals surface area contributed by atoms with Crippen molar-refractivity contribution in [3.8, 4) is 5.75 Å². The minimum Gasteiger partial charge on any atom is -0.507 e. The number of aromatic amines is 1. The Balaban J connectivity index is 1.84. The summed E-state index contributed by atoms with van der Waals surface area (Å²) < 4.78 is 0. The van der Waals surface area contributed by atoms with Gasteiger partial charge >= 0.3 is 0 Å². The summed E-state index contributed by atoms with van der Waals surface area (Å²) >= 11 is 0. The normalized spacial score (nSPS) is 12.8. The third-order valence-electron chi connectivity index (χ3n) is 4.47. The Labute approximate surface area is 129 Å². The number of H-pyrrole nitrogens is 1. The number of fused-ring (bicyclic) bond motifs is 2. The van der Waals surface area contributed by atoms with Gasteiger partial charge < -0.3 is 10.1 Å². The average Bonchev–Trinajstić information content (AvgIpc) is 2.98. The molecule has 0 radical (unpaired) electrons. The van der Waals surface area contributed by atoms with Gasteiger partial charge in [-0.2, -0.15) is 0 Å². The molecule has 1 unspecified atom stereocenters. The number of hydrogen-bond acceptors (Lipinski definition) is 1. The van der Waals surface area contributed by atoms with Gasteiger partial charge in [-0.25, -0.2) is 0 Å². The van der Waals surface area contributed by atoms with E-state index in [4.69, 9.17) is 0 Å². The van der Waals surface area contributed by atoms with E-state index in [1.807, 2.05) is 24.3 Å². The van der Waals surface area contributed by atoms with E-state index in [0.29, 0.717) is 11.7 Å². The fourth-order valence-corrected chi connectivity index (χ4v) is 3.19. The second kappa shape index (κ2) is 4.92. The van der Waals surface area contributed by atoms with Gasteiger partial charge in [0.15, 0.2) is 0 Å². The summed E-state index contributed by atoms with van der Waals surface area (Å²) in [6, 6.07) is 20.3. The van der Waals surface area contributed by atoms with E-state index in [2.05, 4.69) is 48.4 Å². The highest BCUT2D eigenvalue weighted by Crippen LogP contribution is 2.33. The molecule has 3 aromatic carbocycles. The fraction of sp³-hybridized carbons (Fsp3) is 0.100. The molecular weight excluding hydrogens is 270 g/mol. The van der Waals surface area contributed by atoms with Crippen LogP contribution in [0.4, 0.5) is 0 Å². The van der Waals surface area contributed by atoms with Gasteiger partial charge in [0.25, 0.3) is 0 Å². The van der Waals surface area contributed by atoms with E-state index in [0.717, 1.165) is 10.8 Å². The van der Waals surface area contributed by atoms with E-state index in [-0.39, 0.29) is 0 Å². The van der Waals surface area contributed by atoms with Crippen molar-refractivity contribution < 1.29 is 5.11 Å². The second-order valence-corrected chi connectivity index (χ2v) is 5.77. The van der Waals surface area contributed by atoms with Crippen LogP contribution in [0.25, 0.3) is 21.7 Å². The van der Waals surface area contributed by atoms with E-state index in [1.54, 1.807) is 6.07 Å². The molecule has 1 aromatic heterocycles. The Kier molecular flexibility index (Phi) is 2.90. The van der Waals surface area contributed by atoms with Crippen molar-refractivity contribution >= 4 is 21.7 Å². The maximum atomic E-state index is 9.92. The third-order valence-corrected chi connectivity index (χ3v) is 4.47. The molecule has 0 saturated carbocycles. The second-order valence-electron chi connectivity index (χ2n) is 5.77. The van der Waals surface area contributed by atoms with Gasteiger partial charge in [-0.05, 0) is 28.6 Å². The molecule has 4 rings (SSSR count). The zero-order chi connectivity index (χ0) is 15.1. The van der Waals surface area contributed by atoms with Crippen LogP contribution in [-0.4, -0.2) is 10.1 Å². The first kappa shape index (κ1) is 13.0. The standard InChI is InChI=1S/C20H17NO/c1-13(18-12-21-19-7-3-2-6-17(18)19)14-9-10-16-15(11-14)5-4-8-20(16)22/h2-13,21-22H,1H3. The van der Waals surface area contributed by atoms with E-state index < -0.39 is 0 Å². The Morgan fingerprint density at radius 1 is 0.909 bits per heavy atom. The number of rotatable bonds is 2. The highest BCUT2D eigenvalue weighted by molar-refractivity contribution is 5.89. The van der Waals surface area contributed by atoms with Gasteiger partial charge in [-0.1, -0.05) is 55.5 Å². The fourth-order valence-electron chi connectivity index (χ4n) is 3.19. The van der Waals surface area contributed by atoms with Gasteiger partial charge in [-0.15, -0.1) is 0 Å². The quantitative estimate of drug-likeness (QED) is 0.523. The van der Waals surface area contributed by atoms with Gasteiger partial charge in [0.1, 0.15) is 5.75 Å². The predicted octanol–water partition coefficient (Wildman–Crippen LogP) is 5.18. The first-order valence-corrected chi connectivity index (χ1v) is 7.52. The average molecular weight is 287 g/mol. The van der Waals surface area contributed by atoms with Crippen LogP contribution in [0.15, 0.2) is 66.9 Å². The summed E-state index contributed by atoms with van der Waals surface area (Å²) in [7, 11) is 0. The maximum Gasteiger partial charge on any atom is 0.123 e. The lowest BCUT2D eigenvalue weighted by Crippen LogP contribution is -1.95. The van der Waals surface area contributed by atoms with Crippen molar-refractivity contribution in [2.45, 2.75) is 12.8 Å². The molecule has 0 aliphatic rings. The van der Waals surface area contributed by atoms with Crippen molar-refractivity contribution in [3.63, 3.8) is 0 Å². The van der Waals surface area contributed by atoms with E-state index in [1.165, 1.54) is 22.0 Å². The Bertz CT molecular complexity index is 968. The van der Waals surface area contributed by atoms with Gasteiger partial charge in [0, 0.05) is 28.4 Å². The Morgan fingerprint density at radius 3 is 2.68 bits per heavy atom. The van der Waals surface area contributed by atoms with Crippen LogP contribution < -0.4 is 0 Å². The molecule has 22 heavy (non-hydrogen) atoms. The molecule has 108 valence electrons. The topological polar surface area (TPSA) is 36.0 Å². The largest absolute Gasteiger partial charge is 0.507 e. The molecular formula is C20H17NO. The molecule has 0 spiro atoms. The molecule has 0 aliphatic heterocycles. The van der Waals surface area contributed by atoms with Crippen LogP contribution in [-0.2, 0) is 0 Å². The molecule has 0 fully saturated rings. The number of benzene rings is 3. The molecule has 4 aromatic rings. The minimum atomic E-state index is 0.294. The van der Waals surface area contributed by atoms with Crippen molar-refractivity contribution in [2.75, 3.05) is 0 Å². The summed E-state index contributed by atoms with van der Waals surface area (Å²) in [5, 5.41) is 13.2. The molecule has 2 N–H and O–H groups in total. The summed E-state index contributed by atoms with van der Waals surface area (Å²) in [6.45, 7) is 2.22. The number of phenols is 1. The van der Waals surface area contributed by atoms with Gasteiger partial charge in [-0.3, -0.25) is 0 Å². The molecule has 1 heterocycles. The SMILES string of the molecule is CC(c1ccc2c(O)cccc2c1)c1c[nH]c2ccccc12.